The maximum absolute atomic E-state index is 12.5. The number of fused-ring (bicyclic) bond motifs is 1. The van der Waals surface area contributed by atoms with Crippen molar-refractivity contribution >= 4 is 28.1 Å². The van der Waals surface area contributed by atoms with Gasteiger partial charge < -0.3 is 9.88 Å². The predicted molar refractivity (Wildman–Crippen MR) is 101 cm³/mol. The fourth-order valence-corrected chi connectivity index (χ4v) is 3.65. The molecule has 0 bridgehead atoms. The van der Waals surface area contributed by atoms with Gasteiger partial charge in [-0.25, -0.2) is 0 Å². The zero-order valence-electron chi connectivity index (χ0n) is 13.6. The summed E-state index contributed by atoms with van der Waals surface area (Å²) in [7, 11) is 0. The molecular formula is C20H17N3OS. The van der Waals surface area contributed by atoms with Crippen LogP contribution >= 0.6 is 11.3 Å². The highest BCUT2D eigenvalue weighted by Gasteiger charge is 2.14. The lowest BCUT2D eigenvalue weighted by Gasteiger charge is -2.10. The average molecular weight is 347 g/mol. The van der Waals surface area contributed by atoms with Crippen LogP contribution in [0.2, 0.25) is 0 Å². The number of amides is 1. The number of carbonyl (C=O) groups excluding carboxylic acids is 1. The van der Waals surface area contributed by atoms with Crippen LogP contribution < -0.4 is 5.32 Å². The molecule has 0 spiro atoms. The summed E-state index contributed by atoms with van der Waals surface area (Å²) >= 11 is 1.68. The normalized spacial score (nSPS) is 10.9. The average Bonchev–Trinajstić information content (AvgIpc) is 3.29. The maximum atomic E-state index is 12.5. The van der Waals surface area contributed by atoms with Gasteiger partial charge in [0.25, 0.3) is 0 Å². The summed E-state index contributed by atoms with van der Waals surface area (Å²) in [5.41, 5.74) is 3.00. The van der Waals surface area contributed by atoms with E-state index in [-0.39, 0.29) is 12.5 Å². The van der Waals surface area contributed by atoms with E-state index >= 15 is 0 Å². The van der Waals surface area contributed by atoms with Crippen molar-refractivity contribution in [1.82, 2.24) is 14.9 Å². The first-order chi connectivity index (χ1) is 12.3. The second-order valence-electron chi connectivity index (χ2n) is 5.75. The van der Waals surface area contributed by atoms with E-state index in [9.17, 15) is 4.79 Å². The van der Waals surface area contributed by atoms with E-state index in [2.05, 4.69) is 44.5 Å². The fraction of sp³-hybridized carbons (Fsp3) is 0.100. The van der Waals surface area contributed by atoms with Crippen LogP contribution in [0.5, 0.6) is 0 Å². The van der Waals surface area contributed by atoms with Gasteiger partial charge in [0, 0.05) is 17.1 Å². The lowest BCUT2D eigenvalue weighted by atomic mass is 10.2. The van der Waals surface area contributed by atoms with Crippen LogP contribution in [-0.4, -0.2) is 15.5 Å². The standard InChI is InChI=1S/C20H17N3OS/c24-20(22-13-16-7-3-4-10-21-16)14-23-17-8-2-1-6-15(17)12-18(23)19-9-5-11-25-19/h1-12H,13-14H2,(H,22,24). The van der Waals surface area contributed by atoms with Crippen molar-refractivity contribution in [2.24, 2.45) is 0 Å². The Morgan fingerprint density at radius 1 is 1.08 bits per heavy atom. The number of nitrogens with zero attached hydrogens (tertiary/aromatic N) is 2. The van der Waals surface area contributed by atoms with Gasteiger partial charge in [0.1, 0.15) is 6.54 Å². The van der Waals surface area contributed by atoms with E-state index in [0.717, 1.165) is 27.2 Å². The molecule has 1 N–H and O–H groups in total. The lowest BCUT2D eigenvalue weighted by Crippen LogP contribution is -2.27. The topological polar surface area (TPSA) is 46.9 Å². The zero-order chi connectivity index (χ0) is 17.1. The van der Waals surface area contributed by atoms with Crippen molar-refractivity contribution < 1.29 is 4.79 Å². The second kappa shape index (κ2) is 6.91. The zero-order valence-corrected chi connectivity index (χ0v) is 14.4. The molecule has 0 aliphatic carbocycles. The van der Waals surface area contributed by atoms with Gasteiger partial charge in [-0.15, -0.1) is 11.3 Å². The SMILES string of the molecule is O=C(Cn1c(-c2cccs2)cc2ccccc21)NCc1ccccn1. The van der Waals surface area contributed by atoms with Crippen LogP contribution in [0.3, 0.4) is 0 Å². The first-order valence-corrected chi connectivity index (χ1v) is 8.98. The van der Waals surface area contributed by atoms with Gasteiger partial charge in [-0.3, -0.25) is 9.78 Å². The molecular weight excluding hydrogens is 330 g/mol. The summed E-state index contributed by atoms with van der Waals surface area (Å²) in [6.45, 7) is 0.723. The van der Waals surface area contributed by atoms with E-state index in [1.165, 1.54) is 0 Å². The monoisotopic (exact) mass is 347 g/mol. The van der Waals surface area contributed by atoms with Crippen LogP contribution in [0.25, 0.3) is 21.5 Å². The number of hydrogen-bond donors (Lipinski definition) is 1. The summed E-state index contributed by atoms with van der Waals surface area (Å²) in [4.78, 5) is 17.9. The minimum absolute atomic E-state index is 0.0233. The molecule has 4 rings (SSSR count). The molecule has 0 unspecified atom stereocenters. The third-order valence-electron chi connectivity index (χ3n) is 4.08. The number of thiophene rings is 1. The van der Waals surface area contributed by atoms with E-state index in [0.29, 0.717) is 6.54 Å². The Kier molecular flexibility index (Phi) is 4.31. The number of aromatic nitrogens is 2. The molecule has 3 aromatic heterocycles. The number of carbonyl (C=O) groups is 1. The third-order valence-corrected chi connectivity index (χ3v) is 4.97. The molecule has 124 valence electrons. The van der Waals surface area contributed by atoms with Crippen LogP contribution in [-0.2, 0) is 17.9 Å². The highest BCUT2D eigenvalue weighted by Crippen LogP contribution is 2.31. The van der Waals surface area contributed by atoms with E-state index in [1.807, 2.05) is 36.4 Å². The van der Waals surface area contributed by atoms with Crippen molar-refractivity contribution in [2.45, 2.75) is 13.1 Å². The van der Waals surface area contributed by atoms with Gasteiger partial charge in [0.15, 0.2) is 0 Å². The summed E-state index contributed by atoms with van der Waals surface area (Å²) in [5.74, 6) is -0.0233. The molecule has 0 fully saturated rings. The van der Waals surface area contributed by atoms with Crippen molar-refractivity contribution in [3.05, 3.63) is 77.9 Å². The summed E-state index contributed by atoms with van der Waals surface area (Å²) < 4.78 is 2.08. The Labute approximate surface area is 149 Å². The quantitative estimate of drug-likeness (QED) is 0.591. The molecule has 1 aromatic carbocycles. The molecule has 4 nitrogen and oxygen atoms in total. The third kappa shape index (κ3) is 3.32. The van der Waals surface area contributed by atoms with Gasteiger partial charge in [0.2, 0.25) is 5.91 Å². The van der Waals surface area contributed by atoms with Crippen LogP contribution in [0.1, 0.15) is 5.69 Å². The number of para-hydroxylation sites is 1. The Morgan fingerprint density at radius 3 is 2.76 bits per heavy atom. The van der Waals surface area contributed by atoms with Crippen LogP contribution in [0.15, 0.2) is 72.2 Å². The first-order valence-electron chi connectivity index (χ1n) is 8.10. The van der Waals surface area contributed by atoms with Gasteiger partial charge >= 0.3 is 0 Å². The van der Waals surface area contributed by atoms with E-state index < -0.39 is 0 Å². The molecule has 0 saturated carbocycles. The number of nitrogens with one attached hydrogen (secondary N) is 1. The minimum Gasteiger partial charge on any atom is -0.349 e. The highest BCUT2D eigenvalue weighted by molar-refractivity contribution is 7.13. The van der Waals surface area contributed by atoms with E-state index in [1.54, 1.807) is 17.5 Å². The molecule has 1 amide bonds. The van der Waals surface area contributed by atoms with Crippen molar-refractivity contribution in [3.63, 3.8) is 0 Å². The maximum Gasteiger partial charge on any atom is 0.240 e. The van der Waals surface area contributed by atoms with Crippen molar-refractivity contribution in [1.29, 1.82) is 0 Å². The molecule has 0 radical (unpaired) electrons. The van der Waals surface area contributed by atoms with Gasteiger partial charge in [-0.2, -0.15) is 0 Å². The Balaban J connectivity index is 1.60. The molecule has 0 aliphatic rings. The molecule has 25 heavy (non-hydrogen) atoms. The highest BCUT2D eigenvalue weighted by atomic mass is 32.1. The smallest absolute Gasteiger partial charge is 0.240 e. The molecule has 0 saturated heterocycles. The fourth-order valence-electron chi connectivity index (χ4n) is 2.90. The number of pyridine rings is 1. The summed E-state index contributed by atoms with van der Waals surface area (Å²) in [6.07, 6.45) is 1.73. The van der Waals surface area contributed by atoms with Crippen LogP contribution in [0.4, 0.5) is 0 Å². The molecule has 0 aliphatic heterocycles. The van der Waals surface area contributed by atoms with Crippen molar-refractivity contribution in [3.8, 4) is 10.6 Å². The summed E-state index contributed by atoms with van der Waals surface area (Å²) in [5, 5.41) is 6.15. The minimum atomic E-state index is -0.0233. The number of hydrogen-bond acceptors (Lipinski definition) is 3. The Hall–Kier alpha value is -2.92. The summed E-state index contributed by atoms with van der Waals surface area (Å²) in [6, 6.07) is 20.1. The second-order valence-corrected chi connectivity index (χ2v) is 6.70. The van der Waals surface area contributed by atoms with Crippen molar-refractivity contribution in [2.75, 3.05) is 0 Å². The predicted octanol–water partition coefficient (Wildman–Crippen LogP) is 4.08. The number of rotatable bonds is 5. The number of benzene rings is 1. The van der Waals surface area contributed by atoms with Gasteiger partial charge in [0.05, 0.1) is 22.8 Å². The molecule has 3 heterocycles. The largest absolute Gasteiger partial charge is 0.349 e. The van der Waals surface area contributed by atoms with Gasteiger partial charge in [-0.1, -0.05) is 30.3 Å². The van der Waals surface area contributed by atoms with Crippen LogP contribution in [0, 0.1) is 0 Å². The lowest BCUT2D eigenvalue weighted by molar-refractivity contribution is -0.121. The van der Waals surface area contributed by atoms with Gasteiger partial charge in [-0.05, 0) is 35.7 Å². The Morgan fingerprint density at radius 2 is 1.96 bits per heavy atom. The van der Waals surface area contributed by atoms with E-state index in [4.69, 9.17) is 0 Å². The Bertz CT molecular complexity index is 990. The first kappa shape index (κ1) is 15.6. The molecule has 0 atom stereocenters. The molecule has 5 heteroatoms. The molecule has 4 aromatic rings.